The van der Waals surface area contributed by atoms with Crippen LogP contribution in [0, 0.1) is 0 Å². The average molecular weight is 279 g/mol. The monoisotopic (exact) mass is 279 g/mol. The summed E-state index contributed by atoms with van der Waals surface area (Å²) in [5.41, 5.74) is 7.60. The first-order valence-electron chi connectivity index (χ1n) is 6.34. The zero-order chi connectivity index (χ0) is 14.1. The lowest BCUT2D eigenvalue weighted by atomic mass is 10.2. The minimum atomic E-state index is -0.386. The van der Waals surface area contributed by atoms with Gasteiger partial charge in [-0.2, -0.15) is 0 Å². The molecule has 2 aromatic rings. The van der Waals surface area contributed by atoms with Gasteiger partial charge in [0.2, 0.25) is 5.95 Å². The third kappa shape index (κ3) is 2.14. The summed E-state index contributed by atoms with van der Waals surface area (Å²) in [6.45, 7) is 1.54. The average Bonchev–Trinajstić information content (AvgIpc) is 2.77. The molecule has 1 aliphatic rings. The number of benzene rings is 1. The van der Waals surface area contributed by atoms with Crippen molar-refractivity contribution in [3.05, 3.63) is 12.1 Å². The zero-order valence-corrected chi connectivity index (χ0v) is 11.5. The van der Waals surface area contributed by atoms with E-state index in [0.717, 1.165) is 11.0 Å². The van der Waals surface area contributed by atoms with Crippen LogP contribution in [-0.4, -0.2) is 43.3 Å². The first kappa shape index (κ1) is 13.0. The lowest BCUT2D eigenvalue weighted by Crippen LogP contribution is -2.21. The van der Waals surface area contributed by atoms with Crippen molar-refractivity contribution < 1.29 is 18.9 Å². The van der Waals surface area contributed by atoms with Crippen molar-refractivity contribution in [2.75, 3.05) is 33.2 Å². The Labute approximate surface area is 116 Å². The molecule has 2 heterocycles. The molecule has 7 nitrogen and oxygen atoms in total. The highest BCUT2D eigenvalue weighted by Gasteiger charge is 2.18. The van der Waals surface area contributed by atoms with Crippen LogP contribution >= 0.6 is 0 Å². The van der Waals surface area contributed by atoms with Gasteiger partial charge >= 0.3 is 0 Å². The molecule has 0 radical (unpaired) electrons. The number of anilines is 1. The van der Waals surface area contributed by atoms with Gasteiger partial charge in [0.05, 0.1) is 17.6 Å². The molecule has 1 aromatic heterocycles. The van der Waals surface area contributed by atoms with Crippen LogP contribution in [0.15, 0.2) is 12.1 Å². The fourth-order valence-corrected chi connectivity index (χ4v) is 2.27. The summed E-state index contributed by atoms with van der Waals surface area (Å²) >= 11 is 0. The molecule has 0 fully saturated rings. The topological polar surface area (TPSA) is 80.8 Å². The zero-order valence-electron chi connectivity index (χ0n) is 11.5. The van der Waals surface area contributed by atoms with Crippen molar-refractivity contribution in [2.24, 2.45) is 0 Å². The fraction of sp³-hybridized carbons (Fsp3) is 0.462. The molecule has 0 atom stereocenters. The van der Waals surface area contributed by atoms with E-state index in [9.17, 15) is 0 Å². The molecule has 20 heavy (non-hydrogen) atoms. The maximum absolute atomic E-state index is 5.97. The number of ether oxygens (including phenoxy) is 4. The molecule has 0 aliphatic carbocycles. The first-order chi connectivity index (χ1) is 9.72. The third-order valence-electron chi connectivity index (χ3n) is 3.30. The molecule has 0 saturated heterocycles. The second-order valence-corrected chi connectivity index (χ2v) is 4.47. The minimum Gasteiger partial charge on any atom is -0.486 e. The van der Waals surface area contributed by atoms with E-state index in [1.807, 2.05) is 16.7 Å². The van der Waals surface area contributed by atoms with E-state index in [1.165, 1.54) is 0 Å². The van der Waals surface area contributed by atoms with Crippen molar-refractivity contribution >= 4 is 17.0 Å². The molecular weight excluding hydrogens is 262 g/mol. The maximum Gasteiger partial charge on any atom is 0.201 e. The van der Waals surface area contributed by atoms with E-state index in [-0.39, 0.29) is 6.29 Å². The van der Waals surface area contributed by atoms with Crippen molar-refractivity contribution in [1.29, 1.82) is 0 Å². The second-order valence-electron chi connectivity index (χ2n) is 4.47. The molecule has 108 valence electrons. The smallest absolute Gasteiger partial charge is 0.201 e. The summed E-state index contributed by atoms with van der Waals surface area (Å²) in [6.07, 6.45) is -0.386. The number of hydrogen-bond acceptors (Lipinski definition) is 6. The van der Waals surface area contributed by atoms with Gasteiger partial charge in [0.15, 0.2) is 17.8 Å². The van der Waals surface area contributed by atoms with Crippen LogP contribution in [0.5, 0.6) is 11.5 Å². The van der Waals surface area contributed by atoms with Crippen molar-refractivity contribution in [1.82, 2.24) is 9.55 Å². The fourth-order valence-electron chi connectivity index (χ4n) is 2.27. The van der Waals surface area contributed by atoms with Gasteiger partial charge in [0.25, 0.3) is 0 Å². The SMILES string of the molecule is COC(Cn1c(N)nc2cc3c(cc21)OCCO3)OC. The highest BCUT2D eigenvalue weighted by molar-refractivity contribution is 5.82. The van der Waals surface area contributed by atoms with Gasteiger partial charge in [0, 0.05) is 26.4 Å². The number of methoxy groups -OCH3 is 2. The molecule has 2 N–H and O–H groups in total. The Morgan fingerprint density at radius 1 is 1.25 bits per heavy atom. The second kappa shape index (κ2) is 5.18. The van der Waals surface area contributed by atoms with Gasteiger partial charge in [-0.05, 0) is 0 Å². The van der Waals surface area contributed by atoms with Gasteiger partial charge in [-0.25, -0.2) is 4.98 Å². The van der Waals surface area contributed by atoms with E-state index in [4.69, 9.17) is 24.7 Å². The summed E-state index contributed by atoms with van der Waals surface area (Å²) in [6, 6.07) is 3.72. The summed E-state index contributed by atoms with van der Waals surface area (Å²) < 4.78 is 23.4. The molecule has 0 unspecified atom stereocenters. The molecule has 1 aromatic carbocycles. The van der Waals surface area contributed by atoms with Crippen LogP contribution in [0.1, 0.15) is 0 Å². The van der Waals surface area contributed by atoms with Gasteiger partial charge in [-0.3, -0.25) is 0 Å². The van der Waals surface area contributed by atoms with Gasteiger partial charge in [0.1, 0.15) is 13.2 Å². The van der Waals surface area contributed by atoms with Gasteiger partial charge < -0.3 is 29.2 Å². The van der Waals surface area contributed by atoms with Crippen LogP contribution in [-0.2, 0) is 16.0 Å². The summed E-state index contributed by atoms with van der Waals surface area (Å²) in [4.78, 5) is 4.34. The maximum atomic E-state index is 5.97. The van der Waals surface area contributed by atoms with E-state index in [1.54, 1.807) is 14.2 Å². The van der Waals surface area contributed by atoms with Gasteiger partial charge in [-0.15, -0.1) is 0 Å². The molecule has 3 rings (SSSR count). The number of fused-ring (bicyclic) bond motifs is 2. The Kier molecular flexibility index (Phi) is 3.37. The summed E-state index contributed by atoms with van der Waals surface area (Å²) in [5.74, 6) is 1.81. The largest absolute Gasteiger partial charge is 0.486 e. The van der Waals surface area contributed by atoms with E-state index in [2.05, 4.69) is 4.98 Å². The Morgan fingerprint density at radius 2 is 1.90 bits per heavy atom. The van der Waals surface area contributed by atoms with Crippen molar-refractivity contribution in [3.8, 4) is 11.5 Å². The lowest BCUT2D eigenvalue weighted by Gasteiger charge is -2.19. The Bertz CT molecular complexity index is 622. The van der Waals surface area contributed by atoms with Crippen LogP contribution in [0.2, 0.25) is 0 Å². The normalized spacial score (nSPS) is 14.2. The standard InChI is InChI=1S/C13H17N3O4/c1-17-12(18-2)7-16-9-6-11-10(19-3-4-20-11)5-8(9)15-13(16)14/h5-6,12H,3-4,7H2,1-2H3,(H2,14,15). The van der Waals surface area contributed by atoms with E-state index >= 15 is 0 Å². The number of imidazole rings is 1. The van der Waals surface area contributed by atoms with Crippen molar-refractivity contribution in [2.45, 2.75) is 12.8 Å². The lowest BCUT2D eigenvalue weighted by molar-refractivity contribution is -0.110. The van der Waals surface area contributed by atoms with Crippen LogP contribution in [0.4, 0.5) is 5.95 Å². The van der Waals surface area contributed by atoms with Gasteiger partial charge in [-0.1, -0.05) is 0 Å². The Hall–Kier alpha value is -1.99. The third-order valence-corrected chi connectivity index (χ3v) is 3.30. The van der Waals surface area contributed by atoms with E-state index < -0.39 is 0 Å². The van der Waals surface area contributed by atoms with Crippen LogP contribution in [0.25, 0.3) is 11.0 Å². The predicted octanol–water partition coefficient (Wildman–Crippen LogP) is 1.01. The number of nitrogen functional groups attached to an aromatic ring is 1. The molecule has 0 saturated carbocycles. The minimum absolute atomic E-state index is 0.386. The molecule has 0 spiro atoms. The highest BCUT2D eigenvalue weighted by Crippen LogP contribution is 2.35. The molecule has 7 heteroatoms. The highest BCUT2D eigenvalue weighted by atomic mass is 16.7. The molecule has 0 amide bonds. The molecule has 0 bridgehead atoms. The van der Waals surface area contributed by atoms with Crippen LogP contribution < -0.4 is 15.2 Å². The van der Waals surface area contributed by atoms with E-state index in [0.29, 0.717) is 37.2 Å². The van der Waals surface area contributed by atoms with Crippen LogP contribution in [0.3, 0.4) is 0 Å². The number of aromatic nitrogens is 2. The Morgan fingerprint density at radius 3 is 2.55 bits per heavy atom. The first-order valence-corrected chi connectivity index (χ1v) is 6.34. The van der Waals surface area contributed by atoms with Crippen molar-refractivity contribution in [3.63, 3.8) is 0 Å². The molecule has 1 aliphatic heterocycles. The number of hydrogen-bond donors (Lipinski definition) is 1. The summed E-state index contributed by atoms with van der Waals surface area (Å²) in [5, 5.41) is 0. The Balaban J connectivity index is 2.05. The quantitative estimate of drug-likeness (QED) is 0.841. The molecular formula is C13H17N3O4. The predicted molar refractivity (Wildman–Crippen MR) is 72.9 cm³/mol. The number of nitrogens with zero attached hydrogens (tertiary/aromatic N) is 2. The number of rotatable bonds is 4. The number of nitrogens with two attached hydrogens (primary N) is 1. The summed E-state index contributed by atoms with van der Waals surface area (Å²) in [7, 11) is 3.17.